The van der Waals surface area contributed by atoms with Gasteiger partial charge in [-0.15, -0.1) is 11.8 Å². The lowest BCUT2D eigenvalue weighted by atomic mass is 10.00. The molecule has 2 aromatic carbocycles. The molecule has 2 aliphatic heterocycles. The Hall–Kier alpha value is -3.89. The number of hydrogen-bond acceptors (Lipinski definition) is 8. The molecule has 0 spiro atoms. The maximum Gasteiger partial charge on any atom is 0.356 e. The molecule has 0 aromatic heterocycles. The van der Waals surface area contributed by atoms with Gasteiger partial charge in [-0.2, -0.15) is 0 Å². The third kappa shape index (κ3) is 5.60. The van der Waals surface area contributed by atoms with Gasteiger partial charge in [0.2, 0.25) is 0 Å². The molecule has 0 unspecified atom stereocenters. The van der Waals surface area contributed by atoms with Crippen molar-refractivity contribution in [3.8, 4) is 0 Å². The summed E-state index contributed by atoms with van der Waals surface area (Å²) in [5, 5.41) is 0.440. The van der Waals surface area contributed by atoms with Gasteiger partial charge in [0.15, 0.2) is 6.10 Å². The van der Waals surface area contributed by atoms with Crippen molar-refractivity contribution in [2.45, 2.75) is 18.4 Å². The van der Waals surface area contributed by atoms with Gasteiger partial charge in [-0.1, -0.05) is 60.7 Å². The summed E-state index contributed by atoms with van der Waals surface area (Å²) in [6, 6.07) is 18.5. The summed E-state index contributed by atoms with van der Waals surface area (Å²) in [7, 11) is 2.77. The van der Waals surface area contributed by atoms with Crippen LogP contribution in [0.25, 0.3) is 0 Å². The van der Waals surface area contributed by atoms with Gasteiger partial charge in [-0.3, -0.25) is 24.1 Å². The number of amides is 2. The summed E-state index contributed by atoms with van der Waals surface area (Å²) in [5.74, 6) is -1.93. The highest BCUT2D eigenvalue weighted by Gasteiger charge is 2.50. The van der Waals surface area contributed by atoms with Gasteiger partial charge in [0.1, 0.15) is 17.7 Å². The molecule has 4 rings (SSSR count). The second-order valence-electron chi connectivity index (χ2n) is 8.30. The molecule has 2 amide bonds. The first kappa shape index (κ1) is 26.2. The van der Waals surface area contributed by atoms with E-state index in [0.29, 0.717) is 11.3 Å². The van der Waals surface area contributed by atoms with Crippen molar-refractivity contribution in [2.75, 3.05) is 26.5 Å². The van der Waals surface area contributed by atoms with Crippen LogP contribution >= 0.6 is 11.8 Å². The molecule has 0 saturated carbocycles. The lowest BCUT2D eigenvalue weighted by Gasteiger charge is -2.46. The molecule has 2 aliphatic rings. The lowest BCUT2D eigenvalue weighted by Crippen LogP contribution is -2.57. The van der Waals surface area contributed by atoms with E-state index in [-0.39, 0.29) is 17.9 Å². The van der Waals surface area contributed by atoms with E-state index in [2.05, 4.69) is 0 Å². The molecule has 2 heterocycles. The van der Waals surface area contributed by atoms with Crippen LogP contribution in [0.1, 0.15) is 24.2 Å². The predicted octanol–water partition coefficient (Wildman–Crippen LogP) is 3.00. The van der Waals surface area contributed by atoms with Crippen LogP contribution in [0.2, 0.25) is 0 Å². The number of β-lactam (4-membered cyclic amide) rings is 1. The normalized spacial score (nSPS) is 17.8. The molecule has 2 aromatic rings. The maximum absolute atomic E-state index is 13.7. The zero-order chi connectivity index (χ0) is 26.5. The number of likely N-dealkylation sites (N-methyl/N-ethyl adjacent to an activating group) is 1. The van der Waals surface area contributed by atoms with Crippen molar-refractivity contribution in [3.05, 3.63) is 94.7 Å². The summed E-state index contributed by atoms with van der Waals surface area (Å²) in [4.78, 5) is 56.8. The number of carbonyl (C=O) groups is 4. The smallest absolute Gasteiger partial charge is 0.356 e. The Morgan fingerprint density at radius 2 is 1.68 bits per heavy atom. The number of ether oxygens (including phenoxy) is 2. The van der Waals surface area contributed by atoms with Gasteiger partial charge in [-0.25, -0.2) is 9.86 Å². The number of hydrogen-bond donors (Lipinski definition) is 0. The average Bonchev–Trinajstić information content (AvgIpc) is 2.92. The fourth-order valence-electron chi connectivity index (χ4n) is 3.96. The Balaban J connectivity index is 1.68. The monoisotopic (exact) mass is 522 g/mol. The molecule has 0 N–H and O–H groups in total. The Bertz CT molecular complexity index is 1220. The van der Waals surface area contributed by atoms with Gasteiger partial charge in [0.25, 0.3) is 11.8 Å². The standard InChI is InChI=1S/C27H26N2O7S/c1-17(30)35-15-20-16-37-26-21(14-22(31)28(2)34-3)25(32)29(26)23(20)27(33)36-24(18-10-6-4-7-11-18)19-12-8-5-9-13-19/h4-14,24,26H,15-16H2,1-3H3/b21-14-/t26-/m1/s1. The Morgan fingerprint density at radius 3 is 2.22 bits per heavy atom. The van der Waals surface area contributed by atoms with Crippen LogP contribution < -0.4 is 0 Å². The van der Waals surface area contributed by atoms with Crippen molar-refractivity contribution in [3.63, 3.8) is 0 Å². The lowest BCUT2D eigenvalue weighted by molar-refractivity contribution is -0.163. The van der Waals surface area contributed by atoms with Crippen LogP contribution in [0.5, 0.6) is 0 Å². The van der Waals surface area contributed by atoms with E-state index in [1.807, 2.05) is 60.7 Å². The highest BCUT2D eigenvalue weighted by Crippen LogP contribution is 2.44. The maximum atomic E-state index is 13.7. The number of benzene rings is 2. The van der Waals surface area contributed by atoms with Crippen LogP contribution in [0.15, 0.2) is 83.6 Å². The van der Waals surface area contributed by atoms with Crippen molar-refractivity contribution < 1.29 is 33.5 Å². The van der Waals surface area contributed by atoms with Crippen LogP contribution in [0.3, 0.4) is 0 Å². The zero-order valence-corrected chi connectivity index (χ0v) is 21.4. The van der Waals surface area contributed by atoms with Gasteiger partial charge < -0.3 is 9.47 Å². The largest absolute Gasteiger partial charge is 0.461 e. The van der Waals surface area contributed by atoms with Crippen LogP contribution in [-0.4, -0.2) is 65.6 Å². The molecule has 10 heteroatoms. The van der Waals surface area contributed by atoms with E-state index >= 15 is 0 Å². The van der Waals surface area contributed by atoms with E-state index in [1.165, 1.54) is 43.8 Å². The fourth-order valence-corrected chi connectivity index (χ4v) is 5.24. The van der Waals surface area contributed by atoms with Crippen LogP contribution in [0.4, 0.5) is 0 Å². The Kier molecular flexibility index (Phi) is 8.10. The summed E-state index contributed by atoms with van der Waals surface area (Å²) < 4.78 is 11.2. The highest BCUT2D eigenvalue weighted by molar-refractivity contribution is 8.00. The SMILES string of the molecule is CON(C)C(=O)/C=C1/C(=O)N2C(C(=O)OC(c3ccccc3)c3ccccc3)=C(COC(C)=O)CS[C@H]12. The number of esters is 2. The molecule has 1 fully saturated rings. The number of fused-ring (bicyclic) bond motifs is 1. The third-order valence-corrected chi connectivity index (χ3v) is 7.19. The minimum absolute atomic E-state index is 0.0246. The van der Waals surface area contributed by atoms with Crippen molar-refractivity contribution in [2.24, 2.45) is 0 Å². The number of nitrogens with zero attached hydrogens (tertiary/aromatic N) is 2. The predicted molar refractivity (Wildman–Crippen MR) is 135 cm³/mol. The van der Waals surface area contributed by atoms with E-state index in [1.54, 1.807) is 0 Å². The molecule has 0 radical (unpaired) electrons. The van der Waals surface area contributed by atoms with Crippen molar-refractivity contribution in [1.82, 2.24) is 9.96 Å². The Morgan fingerprint density at radius 1 is 1.08 bits per heavy atom. The van der Waals surface area contributed by atoms with Gasteiger partial charge in [0.05, 0.1) is 12.7 Å². The van der Waals surface area contributed by atoms with Crippen molar-refractivity contribution in [1.29, 1.82) is 0 Å². The number of rotatable bonds is 8. The molecule has 192 valence electrons. The molecule has 1 saturated heterocycles. The molecule has 37 heavy (non-hydrogen) atoms. The minimum Gasteiger partial charge on any atom is -0.461 e. The first-order valence-corrected chi connectivity index (χ1v) is 12.5. The summed E-state index contributed by atoms with van der Waals surface area (Å²) >= 11 is 1.35. The highest BCUT2D eigenvalue weighted by atomic mass is 32.2. The molecule has 1 atom stereocenters. The topological polar surface area (TPSA) is 102 Å². The molecular weight excluding hydrogens is 496 g/mol. The van der Waals surface area contributed by atoms with Gasteiger partial charge >= 0.3 is 11.9 Å². The molecule has 0 aliphatic carbocycles. The van der Waals surface area contributed by atoms with Gasteiger partial charge in [-0.05, 0) is 11.1 Å². The summed E-state index contributed by atoms with van der Waals surface area (Å²) in [6.45, 7) is 1.11. The zero-order valence-electron chi connectivity index (χ0n) is 20.6. The first-order chi connectivity index (χ1) is 17.8. The Labute approximate surface area is 218 Å². The van der Waals surface area contributed by atoms with Gasteiger partial charge in [0, 0.05) is 31.4 Å². The first-order valence-electron chi connectivity index (χ1n) is 11.5. The second kappa shape index (κ2) is 11.4. The number of hydroxylamine groups is 2. The van der Waals surface area contributed by atoms with Crippen molar-refractivity contribution >= 4 is 35.5 Å². The molecule has 9 nitrogen and oxygen atoms in total. The van der Waals surface area contributed by atoms with E-state index < -0.39 is 35.2 Å². The third-order valence-electron chi connectivity index (χ3n) is 5.89. The molecule has 0 bridgehead atoms. The van der Waals surface area contributed by atoms with Crippen LogP contribution in [-0.2, 0) is 33.5 Å². The van der Waals surface area contributed by atoms with E-state index in [9.17, 15) is 19.2 Å². The number of thioether (sulfide) groups is 1. The molecular formula is C27H26N2O7S. The quantitative estimate of drug-likeness (QED) is 0.226. The van der Waals surface area contributed by atoms with E-state index in [4.69, 9.17) is 14.3 Å². The fraction of sp³-hybridized carbons (Fsp3) is 0.259. The second-order valence-corrected chi connectivity index (χ2v) is 9.36. The minimum atomic E-state index is -0.728. The number of carbonyl (C=O) groups excluding carboxylic acids is 4. The van der Waals surface area contributed by atoms with Crippen LogP contribution in [0, 0.1) is 0 Å². The summed E-state index contributed by atoms with van der Waals surface area (Å²) in [5.41, 5.74) is 2.24. The average molecular weight is 523 g/mol. The van der Waals surface area contributed by atoms with E-state index in [0.717, 1.165) is 16.2 Å². The summed E-state index contributed by atoms with van der Waals surface area (Å²) in [6.07, 6.45) is 0.477.